The van der Waals surface area contributed by atoms with Crippen LogP contribution in [-0.4, -0.2) is 51.1 Å². The first-order valence-corrected chi connectivity index (χ1v) is 8.81. The van der Waals surface area contributed by atoms with Crippen LogP contribution in [0.3, 0.4) is 0 Å². The van der Waals surface area contributed by atoms with Crippen LogP contribution in [0.1, 0.15) is 5.56 Å². The number of nitrogens with one attached hydrogen (secondary N) is 1. The maximum Gasteiger partial charge on any atom is 0.248 e. The second-order valence-corrected chi connectivity index (χ2v) is 6.40. The second-order valence-electron chi connectivity index (χ2n) is 6.40. The average molecular weight is 351 g/mol. The van der Waals surface area contributed by atoms with E-state index in [0.717, 1.165) is 43.2 Å². The maximum absolute atomic E-state index is 12.2. The number of carbonyl (C=O) groups is 1. The van der Waals surface area contributed by atoms with Gasteiger partial charge in [-0.15, -0.1) is 0 Å². The van der Waals surface area contributed by atoms with Crippen molar-refractivity contribution in [2.24, 2.45) is 0 Å². The van der Waals surface area contributed by atoms with Gasteiger partial charge in [0.15, 0.2) is 0 Å². The number of carbonyl (C=O) groups excluding carboxylic acids is 1. The molecule has 0 unspecified atom stereocenters. The van der Waals surface area contributed by atoms with Crippen molar-refractivity contribution >= 4 is 23.4 Å². The molecule has 2 aromatic rings. The molecule has 0 atom stereocenters. The Bertz CT molecular complexity index is 763. The number of hydrogen-bond acceptors (Lipinski definition) is 4. The van der Waals surface area contributed by atoms with E-state index in [1.807, 2.05) is 36.4 Å². The van der Waals surface area contributed by atoms with E-state index in [1.54, 1.807) is 13.2 Å². The molecule has 136 valence electrons. The summed E-state index contributed by atoms with van der Waals surface area (Å²) in [6.07, 6.45) is 3.28. The molecule has 1 heterocycles. The SMILES string of the molecule is COc1ccccc1C=CC(=O)Nc1ccc(N2CCN(C)CC2)cc1. The Labute approximate surface area is 154 Å². The Hall–Kier alpha value is -2.79. The Morgan fingerprint density at radius 2 is 1.73 bits per heavy atom. The van der Waals surface area contributed by atoms with Crippen LogP contribution in [0.2, 0.25) is 0 Å². The van der Waals surface area contributed by atoms with Gasteiger partial charge in [-0.3, -0.25) is 4.79 Å². The molecule has 1 fully saturated rings. The summed E-state index contributed by atoms with van der Waals surface area (Å²) in [5.41, 5.74) is 2.86. The molecule has 0 radical (unpaired) electrons. The highest BCUT2D eigenvalue weighted by molar-refractivity contribution is 6.02. The van der Waals surface area contributed by atoms with Crippen LogP contribution in [0.25, 0.3) is 6.08 Å². The normalized spacial score (nSPS) is 15.2. The lowest BCUT2D eigenvalue weighted by Crippen LogP contribution is -2.44. The number of para-hydroxylation sites is 1. The number of nitrogens with zero attached hydrogens (tertiary/aromatic N) is 2. The summed E-state index contributed by atoms with van der Waals surface area (Å²) >= 11 is 0. The monoisotopic (exact) mass is 351 g/mol. The number of piperazine rings is 1. The van der Waals surface area contributed by atoms with Crippen molar-refractivity contribution in [3.05, 3.63) is 60.2 Å². The molecule has 0 spiro atoms. The lowest BCUT2D eigenvalue weighted by molar-refractivity contribution is -0.111. The third kappa shape index (κ3) is 4.64. The van der Waals surface area contributed by atoms with Gasteiger partial charge in [-0.1, -0.05) is 18.2 Å². The molecule has 1 N–H and O–H groups in total. The zero-order chi connectivity index (χ0) is 18.4. The summed E-state index contributed by atoms with van der Waals surface area (Å²) in [6, 6.07) is 15.6. The van der Waals surface area contributed by atoms with Crippen LogP contribution in [0.15, 0.2) is 54.6 Å². The van der Waals surface area contributed by atoms with Crippen molar-refractivity contribution in [2.45, 2.75) is 0 Å². The van der Waals surface area contributed by atoms with Gasteiger partial charge < -0.3 is 19.9 Å². The molecule has 26 heavy (non-hydrogen) atoms. The predicted molar refractivity (Wildman–Crippen MR) is 107 cm³/mol. The van der Waals surface area contributed by atoms with E-state index in [-0.39, 0.29) is 5.91 Å². The highest BCUT2D eigenvalue weighted by Crippen LogP contribution is 2.20. The highest BCUT2D eigenvalue weighted by Gasteiger charge is 2.14. The molecule has 0 bridgehead atoms. The lowest BCUT2D eigenvalue weighted by Gasteiger charge is -2.34. The Morgan fingerprint density at radius 1 is 1.04 bits per heavy atom. The number of likely N-dealkylation sites (N-methyl/N-ethyl adjacent to an activating group) is 1. The number of hydrogen-bond donors (Lipinski definition) is 1. The van der Waals surface area contributed by atoms with Crippen LogP contribution < -0.4 is 15.0 Å². The Kier molecular flexibility index (Phi) is 5.92. The number of methoxy groups -OCH3 is 1. The summed E-state index contributed by atoms with van der Waals surface area (Å²) in [6.45, 7) is 4.21. The van der Waals surface area contributed by atoms with Crippen LogP contribution in [0, 0.1) is 0 Å². The minimum Gasteiger partial charge on any atom is -0.496 e. The van der Waals surface area contributed by atoms with E-state index >= 15 is 0 Å². The van der Waals surface area contributed by atoms with Gasteiger partial charge in [0, 0.05) is 49.2 Å². The van der Waals surface area contributed by atoms with Crippen LogP contribution >= 0.6 is 0 Å². The van der Waals surface area contributed by atoms with E-state index < -0.39 is 0 Å². The topological polar surface area (TPSA) is 44.8 Å². The number of benzene rings is 2. The molecule has 1 aliphatic heterocycles. The third-order valence-electron chi connectivity index (χ3n) is 4.56. The van der Waals surface area contributed by atoms with Crippen LogP contribution in [0.4, 0.5) is 11.4 Å². The van der Waals surface area contributed by atoms with Crippen molar-refractivity contribution in [2.75, 3.05) is 50.6 Å². The van der Waals surface area contributed by atoms with Crippen molar-refractivity contribution in [1.82, 2.24) is 4.90 Å². The third-order valence-corrected chi connectivity index (χ3v) is 4.56. The standard InChI is InChI=1S/C21H25N3O2/c1-23-13-15-24(16-14-23)19-10-8-18(9-11-19)22-21(25)12-7-17-5-3-4-6-20(17)26-2/h3-12H,13-16H2,1-2H3,(H,22,25). The molecular formula is C21H25N3O2. The van der Waals surface area contributed by atoms with Crippen LogP contribution in [-0.2, 0) is 4.79 Å². The van der Waals surface area contributed by atoms with E-state index in [9.17, 15) is 4.79 Å². The van der Waals surface area contributed by atoms with Crippen molar-refractivity contribution in [1.29, 1.82) is 0 Å². The maximum atomic E-state index is 12.2. The van der Waals surface area contributed by atoms with Crippen molar-refractivity contribution in [3.63, 3.8) is 0 Å². The molecule has 3 rings (SSSR count). The molecule has 5 heteroatoms. The zero-order valence-electron chi connectivity index (χ0n) is 15.3. The second kappa shape index (κ2) is 8.54. The van der Waals surface area contributed by atoms with Gasteiger partial charge in [0.25, 0.3) is 0 Å². The molecule has 2 aromatic carbocycles. The summed E-state index contributed by atoms with van der Waals surface area (Å²) in [5.74, 6) is 0.580. The summed E-state index contributed by atoms with van der Waals surface area (Å²) < 4.78 is 5.28. The molecule has 1 amide bonds. The van der Waals surface area contributed by atoms with E-state index in [0.29, 0.717) is 0 Å². The molecule has 0 aliphatic carbocycles. The van der Waals surface area contributed by atoms with Crippen molar-refractivity contribution in [3.8, 4) is 5.75 Å². The first-order chi connectivity index (χ1) is 12.7. The quantitative estimate of drug-likeness (QED) is 0.841. The van der Waals surface area contributed by atoms with Crippen molar-refractivity contribution < 1.29 is 9.53 Å². The molecule has 1 aliphatic rings. The summed E-state index contributed by atoms with van der Waals surface area (Å²) in [7, 11) is 3.77. The number of rotatable bonds is 5. The smallest absolute Gasteiger partial charge is 0.248 e. The number of ether oxygens (including phenoxy) is 1. The molecule has 5 nitrogen and oxygen atoms in total. The highest BCUT2D eigenvalue weighted by atomic mass is 16.5. The Balaban J connectivity index is 1.58. The van der Waals surface area contributed by atoms with Gasteiger partial charge in [0.05, 0.1) is 7.11 Å². The summed E-state index contributed by atoms with van der Waals surface area (Å²) in [4.78, 5) is 16.9. The van der Waals surface area contributed by atoms with E-state index in [2.05, 4.69) is 34.3 Å². The van der Waals surface area contributed by atoms with Crippen LogP contribution in [0.5, 0.6) is 5.75 Å². The average Bonchev–Trinajstić information content (AvgIpc) is 2.68. The fraction of sp³-hybridized carbons (Fsp3) is 0.286. The Morgan fingerprint density at radius 3 is 2.42 bits per heavy atom. The molecular weight excluding hydrogens is 326 g/mol. The fourth-order valence-corrected chi connectivity index (χ4v) is 2.97. The summed E-state index contributed by atoms with van der Waals surface area (Å²) in [5, 5.41) is 2.89. The van der Waals surface area contributed by atoms with E-state index in [4.69, 9.17) is 4.74 Å². The minimum atomic E-state index is -0.164. The van der Waals surface area contributed by atoms with Gasteiger partial charge in [0.1, 0.15) is 5.75 Å². The first kappa shape index (κ1) is 18.0. The van der Waals surface area contributed by atoms with Gasteiger partial charge in [-0.05, 0) is 43.5 Å². The first-order valence-electron chi connectivity index (χ1n) is 8.81. The molecule has 0 aromatic heterocycles. The number of anilines is 2. The molecule has 1 saturated heterocycles. The fourth-order valence-electron chi connectivity index (χ4n) is 2.97. The predicted octanol–water partition coefficient (Wildman–Crippen LogP) is 3.10. The number of amides is 1. The lowest BCUT2D eigenvalue weighted by atomic mass is 10.2. The van der Waals surface area contributed by atoms with Gasteiger partial charge >= 0.3 is 0 Å². The largest absolute Gasteiger partial charge is 0.496 e. The van der Waals surface area contributed by atoms with Gasteiger partial charge in [-0.2, -0.15) is 0 Å². The molecule has 0 saturated carbocycles. The zero-order valence-corrected chi connectivity index (χ0v) is 15.3. The van der Waals surface area contributed by atoms with Gasteiger partial charge in [-0.25, -0.2) is 0 Å². The minimum absolute atomic E-state index is 0.164. The van der Waals surface area contributed by atoms with Gasteiger partial charge in [0.2, 0.25) is 5.91 Å². The van der Waals surface area contributed by atoms with E-state index in [1.165, 1.54) is 11.8 Å².